The van der Waals surface area contributed by atoms with Crippen LogP contribution < -0.4 is 10.9 Å². The molecule has 106 valence electrons. The zero-order chi connectivity index (χ0) is 13.8. The number of hydrogen-bond acceptors (Lipinski definition) is 4. The van der Waals surface area contributed by atoms with Crippen molar-refractivity contribution >= 4 is 5.82 Å². The minimum atomic E-state index is -0.0360. The summed E-state index contributed by atoms with van der Waals surface area (Å²) in [4.78, 5) is 18.8. The van der Waals surface area contributed by atoms with Crippen LogP contribution in [0.2, 0.25) is 0 Å². The van der Waals surface area contributed by atoms with Gasteiger partial charge in [0, 0.05) is 31.0 Å². The van der Waals surface area contributed by atoms with Gasteiger partial charge in [0.05, 0.1) is 0 Å². The highest BCUT2D eigenvalue weighted by Crippen LogP contribution is 2.11. The van der Waals surface area contributed by atoms with Gasteiger partial charge in [0.25, 0.3) is 5.56 Å². The van der Waals surface area contributed by atoms with Gasteiger partial charge < -0.3 is 9.88 Å². The largest absolute Gasteiger partial charge is 0.364 e. The van der Waals surface area contributed by atoms with Gasteiger partial charge in [-0.1, -0.05) is 0 Å². The summed E-state index contributed by atoms with van der Waals surface area (Å²) in [5.74, 6) is 0.460. The molecule has 2 heterocycles. The van der Waals surface area contributed by atoms with E-state index in [0.717, 1.165) is 6.54 Å². The first-order chi connectivity index (χ1) is 9.09. The second-order valence-corrected chi connectivity index (χ2v) is 5.56. The van der Waals surface area contributed by atoms with Crippen molar-refractivity contribution in [3.8, 4) is 0 Å². The summed E-state index contributed by atoms with van der Waals surface area (Å²) in [6, 6.07) is 0.600. The van der Waals surface area contributed by atoms with Crippen molar-refractivity contribution in [1.82, 2.24) is 14.5 Å². The predicted molar refractivity (Wildman–Crippen MR) is 77.6 cm³/mol. The predicted octanol–water partition coefficient (Wildman–Crippen LogP) is 1.72. The second kappa shape index (κ2) is 6.19. The quantitative estimate of drug-likeness (QED) is 0.880. The molecule has 0 amide bonds. The first-order valence-corrected chi connectivity index (χ1v) is 7.14. The molecule has 1 aromatic heterocycles. The number of hydrogen-bond donors (Lipinski definition) is 1. The molecule has 1 N–H and O–H groups in total. The number of rotatable bonds is 5. The number of nitrogens with one attached hydrogen (secondary N) is 1. The summed E-state index contributed by atoms with van der Waals surface area (Å²) in [6.45, 7) is 9.30. The van der Waals surface area contributed by atoms with Crippen LogP contribution in [0.15, 0.2) is 17.2 Å². The Morgan fingerprint density at radius 3 is 2.63 bits per heavy atom. The maximum Gasteiger partial charge on any atom is 0.293 e. The monoisotopic (exact) mass is 264 g/mol. The molecule has 1 atom stereocenters. The Kier molecular flexibility index (Phi) is 4.58. The van der Waals surface area contributed by atoms with Crippen molar-refractivity contribution in [2.45, 2.75) is 45.7 Å². The van der Waals surface area contributed by atoms with Crippen LogP contribution in [0.25, 0.3) is 0 Å². The molecule has 0 spiro atoms. The van der Waals surface area contributed by atoms with E-state index in [4.69, 9.17) is 0 Å². The molecule has 1 unspecified atom stereocenters. The second-order valence-electron chi connectivity index (χ2n) is 5.56. The zero-order valence-corrected chi connectivity index (χ0v) is 12.1. The van der Waals surface area contributed by atoms with E-state index >= 15 is 0 Å². The van der Waals surface area contributed by atoms with Gasteiger partial charge in [0.15, 0.2) is 5.82 Å². The van der Waals surface area contributed by atoms with E-state index in [9.17, 15) is 4.79 Å². The third-order valence-electron chi connectivity index (χ3n) is 3.75. The summed E-state index contributed by atoms with van der Waals surface area (Å²) < 4.78 is 1.70. The topological polar surface area (TPSA) is 50.2 Å². The highest BCUT2D eigenvalue weighted by Gasteiger charge is 2.18. The first-order valence-electron chi connectivity index (χ1n) is 7.14. The number of aromatic nitrogens is 2. The minimum Gasteiger partial charge on any atom is -0.364 e. The van der Waals surface area contributed by atoms with Gasteiger partial charge >= 0.3 is 0 Å². The Morgan fingerprint density at radius 1 is 1.32 bits per heavy atom. The van der Waals surface area contributed by atoms with Crippen LogP contribution in [-0.4, -0.2) is 40.1 Å². The molecule has 1 aromatic rings. The molecule has 19 heavy (non-hydrogen) atoms. The average Bonchev–Trinajstić information content (AvgIpc) is 2.90. The van der Waals surface area contributed by atoms with E-state index in [1.54, 1.807) is 17.0 Å². The Morgan fingerprint density at radius 2 is 2.00 bits per heavy atom. The molecule has 0 aromatic carbocycles. The SMILES string of the molecule is CC(CNc1nccn(C(C)C)c1=O)N1CCCC1. The van der Waals surface area contributed by atoms with Crippen molar-refractivity contribution in [1.29, 1.82) is 0 Å². The molecule has 0 bridgehead atoms. The molecule has 1 aliphatic heterocycles. The van der Waals surface area contributed by atoms with E-state index < -0.39 is 0 Å². The van der Waals surface area contributed by atoms with Crippen LogP contribution in [-0.2, 0) is 0 Å². The summed E-state index contributed by atoms with van der Waals surface area (Å²) in [7, 11) is 0. The molecule has 0 aliphatic carbocycles. The smallest absolute Gasteiger partial charge is 0.293 e. The van der Waals surface area contributed by atoms with E-state index in [1.165, 1.54) is 25.9 Å². The normalized spacial score (nSPS) is 17.9. The van der Waals surface area contributed by atoms with Gasteiger partial charge in [0.2, 0.25) is 0 Å². The fourth-order valence-electron chi connectivity index (χ4n) is 2.51. The van der Waals surface area contributed by atoms with Crippen LogP contribution in [0.1, 0.15) is 39.7 Å². The lowest BCUT2D eigenvalue weighted by molar-refractivity contribution is 0.269. The summed E-state index contributed by atoms with van der Waals surface area (Å²) in [6.07, 6.45) is 5.99. The third-order valence-corrected chi connectivity index (χ3v) is 3.75. The fourth-order valence-corrected chi connectivity index (χ4v) is 2.51. The summed E-state index contributed by atoms with van der Waals surface area (Å²) >= 11 is 0. The zero-order valence-electron chi connectivity index (χ0n) is 12.1. The standard InChI is InChI=1S/C14H24N4O/c1-11(2)18-9-6-15-13(14(18)19)16-10-12(3)17-7-4-5-8-17/h6,9,11-12H,4-5,7-8,10H2,1-3H3,(H,15,16). The van der Waals surface area contributed by atoms with E-state index in [0.29, 0.717) is 11.9 Å². The van der Waals surface area contributed by atoms with Gasteiger partial charge in [-0.3, -0.25) is 9.69 Å². The number of likely N-dealkylation sites (tertiary alicyclic amines) is 1. The highest BCUT2D eigenvalue weighted by atomic mass is 16.1. The van der Waals surface area contributed by atoms with Gasteiger partial charge in [-0.15, -0.1) is 0 Å². The third kappa shape index (κ3) is 3.35. The van der Waals surface area contributed by atoms with Crippen LogP contribution in [0.4, 0.5) is 5.82 Å². The van der Waals surface area contributed by atoms with Gasteiger partial charge in [-0.05, 0) is 46.7 Å². The lowest BCUT2D eigenvalue weighted by Gasteiger charge is -2.24. The molecular formula is C14H24N4O. The van der Waals surface area contributed by atoms with Crippen LogP contribution >= 0.6 is 0 Å². The summed E-state index contributed by atoms with van der Waals surface area (Å²) in [5, 5.41) is 3.20. The molecule has 1 aliphatic rings. The average molecular weight is 264 g/mol. The molecule has 5 heteroatoms. The minimum absolute atomic E-state index is 0.0360. The molecule has 1 fully saturated rings. The van der Waals surface area contributed by atoms with Crippen LogP contribution in [0.3, 0.4) is 0 Å². The summed E-state index contributed by atoms with van der Waals surface area (Å²) in [5.41, 5.74) is -0.0360. The molecule has 0 radical (unpaired) electrons. The van der Waals surface area contributed by atoms with E-state index in [1.807, 2.05) is 13.8 Å². The maximum atomic E-state index is 12.2. The van der Waals surface area contributed by atoms with Crippen molar-refractivity contribution < 1.29 is 0 Å². The lowest BCUT2D eigenvalue weighted by Crippen LogP contribution is -2.37. The van der Waals surface area contributed by atoms with Crippen molar-refractivity contribution in [2.24, 2.45) is 0 Å². The van der Waals surface area contributed by atoms with E-state index in [2.05, 4.69) is 22.1 Å². The Balaban J connectivity index is 1.99. The van der Waals surface area contributed by atoms with Crippen molar-refractivity contribution in [3.63, 3.8) is 0 Å². The molecule has 0 saturated carbocycles. The van der Waals surface area contributed by atoms with Crippen LogP contribution in [0.5, 0.6) is 0 Å². The molecule has 2 rings (SSSR count). The highest BCUT2D eigenvalue weighted by molar-refractivity contribution is 5.31. The van der Waals surface area contributed by atoms with Crippen LogP contribution in [0, 0.1) is 0 Å². The number of anilines is 1. The van der Waals surface area contributed by atoms with Crippen molar-refractivity contribution in [2.75, 3.05) is 25.0 Å². The Bertz CT molecular complexity index is 463. The van der Waals surface area contributed by atoms with Gasteiger partial charge in [-0.25, -0.2) is 4.98 Å². The van der Waals surface area contributed by atoms with Crippen molar-refractivity contribution in [3.05, 3.63) is 22.7 Å². The van der Waals surface area contributed by atoms with Gasteiger partial charge in [0.1, 0.15) is 0 Å². The lowest BCUT2D eigenvalue weighted by atomic mass is 10.3. The molecular weight excluding hydrogens is 240 g/mol. The molecule has 5 nitrogen and oxygen atoms in total. The number of nitrogens with zero attached hydrogens (tertiary/aromatic N) is 3. The first kappa shape index (κ1) is 14.1. The fraction of sp³-hybridized carbons (Fsp3) is 0.714. The van der Waals surface area contributed by atoms with E-state index in [-0.39, 0.29) is 11.6 Å². The Hall–Kier alpha value is -1.36. The maximum absolute atomic E-state index is 12.2. The van der Waals surface area contributed by atoms with Gasteiger partial charge in [-0.2, -0.15) is 0 Å². The molecule has 1 saturated heterocycles. The Labute approximate surface area is 114 Å².